The van der Waals surface area contributed by atoms with Gasteiger partial charge in [0.15, 0.2) is 0 Å². The van der Waals surface area contributed by atoms with Crippen LogP contribution in [0.4, 0.5) is 10.1 Å². The Morgan fingerprint density at radius 1 is 0.886 bits per heavy atom. The molecule has 0 aliphatic rings. The molecular formula is C28H19FN4OS. The van der Waals surface area contributed by atoms with Crippen LogP contribution in [0.1, 0.15) is 16.2 Å². The summed E-state index contributed by atoms with van der Waals surface area (Å²) in [6, 6.07) is 27.3. The summed E-state index contributed by atoms with van der Waals surface area (Å²) in [4.78, 5) is 22.4. The Morgan fingerprint density at radius 2 is 1.71 bits per heavy atom. The molecule has 0 aliphatic carbocycles. The van der Waals surface area contributed by atoms with E-state index in [1.807, 2.05) is 66.1 Å². The van der Waals surface area contributed by atoms with Crippen LogP contribution in [0.2, 0.25) is 0 Å². The number of aromatic nitrogens is 3. The third kappa shape index (κ3) is 3.96. The van der Waals surface area contributed by atoms with Gasteiger partial charge in [0.2, 0.25) is 0 Å². The Labute approximate surface area is 204 Å². The normalized spacial score (nSPS) is 11.3. The van der Waals surface area contributed by atoms with Crippen molar-refractivity contribution in [2.75, 3.05) is 5.32 Å². The van der Waals surface area contributed by atoms with Crippen LogP contribution in [0, 0.1) is 12.7 Å². The van der Waals surface area contributed by atoms with Gasteiger partial charge < -0.3 is 5.32 Å². The summed E-state index contributed by atoms with van der Waals surface area (Å²) < 4.78 is 16.5. The van der Waals surface area contributed by atoms with Crippen LogP contribution in [-0.4, -0.2) is 20.4 Å². The fourth-order valence-corrected chi connectivity index (χ4v) is 5.14. The highest BCUT2D eigenvalue weighted by Gasteiger charge is 2.14. The van der Waals surface area contributed by atoms with Crippen molar-refractivity contribution < 1.29 is 9.18 Å². The molecule has 7 heteroatoms. The van der Waals surface area contributed by atoms with Crippen LogP contribution >= 0.6 is 11.3 Å². The molecule has 0 radical (unpaired) electrons. The number of anilines is 1. The molecule has 0 unspecified atom stereocenters. The van der Waals surface area contributed by atoms with Crippen molar-refractivity contribution in [3.8, 4) is 16.3 Å². The zero-order valence-electron chi connectivity index (χ0n) is 18.7. The molecule has 0 saturated heterocycles. The summed E-state index contributed by atoms with van der Waals surface area (Å²) in [7, 11) is 0. The number of carbonyl (C=O) groups is 1. The number of halogens is 1. The average Bonchev–Trinajstić information content (AvgIpc) is 3.45. The van der Waals surface area contributed by atoms with Crippen LogP contribution in [0.5, 0.6) is 0 Å². The first kappa shape index (κ1) is 21.2. The number of hydrogen-bond acceptors (Lipinski definition) is 4. The first-order chi connectivity index (χ1) is 17.0. The van der Waals surface area contributed by atoms with Gasteiger partial charge in [-0.05, 0) is 73.7 Å². The number of amides is 1. The van der Waals surface area contributed by atoms with Gasteiger partial charge in [-0.1, -0.05) is 24.3 Å². The van der Waals surface area contributed by atoms with E-state index < -0.39 is 0 Å². The van der Waals surface area contributed by atoms with Crippen LogP contribution in [0.25, 0.3) is 37.5 Å². The molecule has 6 aromatic rings. The van der Waals surface area contributed by atoms with Crippen molar-refractivity contribution in [1.29, 1.82) is 0 Å². The van der Waals surface area contributed by atoms with E-state index in [1.165, 1.54) is 12.1 Å². The first-order valence-electron chi connectivity index (χ1n) is 11.1. The quantitative estimate of drug-likeness (QED) is 0.297. The Bertz CT molecular complexity index is 1690. The lowest BCUT2D eigenvalue weighted by Crippen LogP contribution is -2.12. The molecule has 0 atom stereocenters. The Hall–Kier alpha value is -4.36. The summed E-state index contributed by atoms with van der Waals surface area (Å²) in [5.41, 5.74) is 5.44. The summed E-state index contributed by atoms with van der Waals surface area (Å²) in [5, 5.41) is 3.90. The number of nitrogens with zero attached hydrogens (tertiary/aromatic N) is 3. The number of imidazole rings is 1. The number of rotatable bonds is 4. The molecule has 1 N–H and O–H groups in total. The molecule has 6 rings (SSSR count). The minimum atomic E-state index is -0.302. The topological polar surface area (TPSA) is 59.8 Å². The highest BCUT2D eigenvalue weighted by Crippen LogP contribution is 2.31. The highest BCUT2D eigenvalue weighted by molar-refractivity contribution is 7.21. The molecule has 0 spiro atoms. The number of aryl methyl sites for hydroxylation is 1. The molecule has 35 heavy (non-hydrogen) atoms. The van der Waals surface area contributed by atoms with Gasteiger partial charge in [-0.3, -0.25) is 9.36 Å². The molecule has 0 saturated carbocycles. The van der Waals surface area contributed by atoms with Crippen LogP contribution in [0.15, 0.2) is 91.0 Å². The fourth-order valence-electron chi connectivity index (χ4n) is 4.18. The van der Waals surface area contributed by atoms with E-state index in [-0.39, 0.29) is 11.7 Å². The number of nitrogens with one attached hydrogen (secondary N) is 1. The van der Waals surface area contributed by atoms with Crippen molar-refractivity contribution in [3.05, 3.63) is 108 Å². The van der Waals surface area contributed by atoms with Gasteiger partial charge in [0.05, 0.1) is 21.3 Å². The molecule has 5 nitrogen and oxygen atoms in total. The Morgan fingerprint density at radius 3 is 2.54 bits per heavy atom. The minimum Gasteiger partial charge on any atom is -0.322 e. The molecule has 2 heterocycles. The van der Waals surface area contributed by atoms with E-state index in [0.717, 1.165) is 43.3 Å². The van der Waals surface area contributed by atoms with Crippen molar-refractivity contribution in [2.45, 2.75) is 6.92 Å². The van der Waals surface area contributed by atoms with Crippen LogP contribution in [-0.2, 0) is 0 Å². The second-order valence-corrected chi connectivity index (χ2v) is 9.23. The van der Waals surface area contributed by atoms with Crippen LogP contribution < -0.4 is 5.32 Å². The second kappa shape index (κ2) is 8.45. The molecule has 0 bridgehead atoms. The first-order valence-corrected chi connectivity index (χ1v) is 11.9. The third-order valence-electron chi connectivity index (χ3n) is 5.83. The Kier molecular flexibility index (Phi) is 5.12. The van der Waals surface area contributed by atoms with Crippen molar-refractivity contribution >= 4 is 44.2 Å². The predicted molar refractivity (Wildman–Crippen MR) is 139 cm³/mol. The number of hydrogen-bond donors (Lipinski definition) is 1. The number of thiazole rings is 1. The van der Waals surface area contributed by atoms with E-state index in [2.05, 4.69) is 16.4 Å². The van der Waals surface area contributed by atoms with E-state index >= 15 is 0 Å². The van der Waals surface area contributed by atoms with E-state index in [9.17, 15) is 9.18 Å². The largest absolute Gasteiger partial charge is 0.322 e. The number of fused-ring (bicyclic) bond motifs is 2. The lowest BCUT2D eigenvalue weighted by atomic mass is 10.1. The van der Waals surface area contributed by atoms with E-state index in [0.29, 0.717) is 11.3 Å². The van der Waals surface area contributed by atoms with E-state index in [4.69, 9.17) is 4.98 Å². The number of para-hydroxylation sites is 1. The van der Waals surface area contributed by atoms with Crippen LogP contribution in [0.3, 0.4) is 0 Å². The SMILES string of the molecule is Cc1nc2ccc(C(=O)Nc3cccc(-c4nc5ccccc5s4)c3)cc2n1-c1ccc(F)cc1. The standard InChI is InChI=1S/C28H19FN4OS/c1-17-30-23-14-9-18(16-25(23)33(17)22-12-10-20(29)11-13-22)27(34)31-21-6-4-5-19(15-21)28-32-24-7-2-3-8-26(24)35-28/h2-16H,1H3,(H,31,34). The molecule has 170 valence electrons. The van der Waals surface area contributed by atoms with E-state index in [1.54, 1.807) is 29.5 Å². The summed E-state index contributed by atoms with van der Waals surface area (Å²) in [5.74, 6) is 0.231. The second-order valence-electron chi connectivity index (χ2n) is 8.20. The van der Waals surface area contributed by atoms with Gasteiger partial charge in [-0.15, -0.1) is 11.3 Å². The molecule has 4 aromatic carbocycles. The summed E-state index contributed by atoms with van der Waals surface area (Å²) in [6.45, 7) is 1.89. The average molecular weight is 479 g/mol. The Balaban J connectivity index is 1.31. The minimum absolute atomic E-state index is 0.224. The van der Waals surface area contributed by atoms with Gasteiger partial charge in [0.25, 0.3) is 5.91 Å². The van der Waals surface area contributed by atoms with Crippen molar-refractivity contribution in [2.24, 2.45) is 0 Å². The summed E-state index contributed by atoms with van der Waals surface area (Å²) in [6.07, 6.45) is 0. The molecular weight excluding hydrogens is 459 g/mol. The molecule has 0 fully saturated rings. The maximum absolute atomic E-state index is 13.4. The lowest BCUT2D eigenvalue weighted by molar-refractivity contribution is 0.102. The lowest BCUT2D eigenvalue weighted by Gasteiger charge is -2.09. The van der Waals surface area contributed by atoms with Crippen molar-refractivity contribution in [1.82, 2.24) is 14.5 Å². The maximum atomic E-state index is 13.4. The predicted octanol–water partition coefficient (Wildman–Crippen LogP) is 7.00. The monoisotopic (exact) mass is 478 g/mol. The fraction of sp³-hybridized carbons (Fsp3) is 0.0357. The van der Waals surface area contributed by atoms with Gasteiger partial charge >= 0.3 is 0 Å². The third-order valence-corrected chi connectivity index (χ3v) is 6.92. The zero-order chi connectivity index (χ0) is 23.9. The molecule has 2 aromatic heterocycles. The maximum Gasteiger partial charge on any atom is 0.255 e. The number of carbonyl (C=O) groups excluding carboxylic acids is 1. The smallest absolute Gasteiger partial charge is 0.255 e. The summed E-state index contributed by atoms with van der Waals surface area (Å²) >= 11 is 1.62. The van der Waals surface area contributed by atoms with Gasteiger partial charge in [0, 0.05) is 22.5 Å². The van der Waals surface area contributed by atoms with Gasteiger partial charge in [0.1, 0.15) is 16.6 Å². The van der Waals surface area contributed by atoms with Gasteiger partial charge in [-0.25, -0.2) is 14.4 Å². The van der Waals surface area contributed by atoms with Gasteiger partial charge in [-0.2, -0.15) is 0 Å². The molecule has 0 aliphatic heterocycles. The molecule has 1 amide bonds. The zero-order valence-corrected chi connectivity index (χ0v) is 19.5. The highest BCUT2D eigenvalue weighted by atomic mass is 32.1. The number of benzene rings is 4. The van der Waals surface area contributed by atoms with Crippen molar-refractivity contribution in [3.63, 3.8) is 0 Å².